The standard InChI is InChI=1S/C26H23NO4S/c1-29-20-10-7-18(8-11-20)16-31-24-12-9-19(15-25(24)30-2)23(28)17-32-26-13-14-27-22-6-4-3-5-21(22)26/h3-15H,16-17H2,1-2H3. The fraction of sp³-hybridized carbons (Fsp3) is 0.154. The van der Waals surface area contributed by atoms with Crippen LogP contribution in [0.2, 0.25) is 0 Å². The smallest absolute Gasteiger partial charge is 0.173 e. The molecule has 1 heterocycles. The maximum Gasteiger partial charge on any atom is 0.173 e. The van der Waals surface area contributed by atoms with Crippen LogP contribution in [0, 0.1) is 0 Å². The summed E-state index contributed by atoms with van der Waals surface area (Å²) >= 11 is 1.51. The van der Waals surface area contributed by atoms with Gasteiger partial charge in [-0.25, -0.2) is 0 Å². The fourth-order valence-electron chi connectivity index (χ4n) is 3.27. The highest BCUT2D eigenvalue weighted by atomic mass is 32.2. The summed E-state index contributed by atoms with van der Waals surface area (Å²) in [6, 6.07) is 22.8. The molecule has 0 N–H and O–H groups in total. The number of para-hydroxylation sites is 1. The van der Waals surface area contributed by atoms with E-state index in [1.165, 1.54) is 11.8 Å². The maximum absolute atomic E-state index is 12.8. The molecule has 4 rings (SSSR count). The Morgan fingerprint density at radius 1 is 0.906 bits per heavy atom. The first-order chi connectivity index (χ1) is 15.7. The van der Waals surface area contributed by atoms with Crippen molar-refractivity contribution in [2.24, 2.45) is 0 Å². The van der Waals surface area contributed by atoms with Gasteiger partial charge in [-0.05, 0) is 48.0 Å². The second kappa shape index (κ2) is 10.2. The molecule has 0 saturated carbocycles. The lowest BCUT2D eigenvalue weighted by Gasteiger charge is -2.12. The van der Waals surface area contributed by atoms with Gasteiger partial charge >= 0.3 is 0 Å². The molecule has 0 fully saturated rings. The van der Waals surface area contributed by atoms with Crippen LogP contribution in [0.4, 0.5) is 0 Å². The third kappa shape index (κ3) is 5.03. The van der Waals surface area contributed by atoms with Gasteiger partial charge < -0.3 is 14.2 Å². The molecular weight excluding hydrogens is 422 g/mol. The first-order valence-electron chi connectivity index (χ1n) is 10.1. The van der Waals surface area contributed by atoms with Gasteiger partial charge in [-0.3, -0.25) is 9.78 Å². The molecule has 0 spiro atoms. The molecule has 5 nitrogen and oxygen atoms in total. The van der Waals surface area contributed by atoms with E-state index in [0.717, 1.165) is 27.1 Å². The molecule has 3 aromatic carbocycles. The quantitative estimate of drug-likeness (QED) is 0.239. The van der Waals surface area contributed by atoms with E-state index in [1.807, 2.05) is 54.6 Å². The zero-order valence-electron chi connectivity index (χ0n) is 17.9. The lowest BCUT2D eigenvalue weighted by atomic mass is 10.1. The number of Topliss-reactive ketones (excluding diaryl/α,β-unsaturated/α-hetero) is 1. The van der Waals surface area contributed by atoms with Crippen molar-refractivity contribution in [1.82, 2.24) is 4.98 Å². The molecule has 162 valence electrons. The van der Waals surface area contributed by atoms with Crippen LogP contribution >= 0.6 is 11.8 Å². The van der Waals surface area contributed by atoms with Crippen molar-refractivity contribution in [3.05, 3.63) is 90.1 Å². The molecule has 0 aliphatic heterocycles. The number of benzene rings is 3. The zero-order chi connectivity index (χ0) is 22.3. The van der Waals surface area contributed by atoms with Gasteiger partial charge in [0.25, 0.3) is 0 Å². The Kier molecular flexibility index (Phi) is 6.92. The van der Waals surface area contributed by atoms with Crippen molar-refractivity contribution in [1.29, 1.82) is 0 Å². The summed E-state index contributed by atoms with van der Waals surface area (Å²) < 4.78 is 16.6. The van der Waals surface area contributed by atoms with Crippen LogP contribution in [0.5, 0.6) is 17.2 Å². The topological polar surface area (TPSA) is 57.7 Å². The summed E-state index contributed by atoms with van der Waals surface area (Å²) in [5, 5.41) is 1.05. The molecule has 32 heavy (non-hydrogen) atoms. The van der Waals surface area contributed by atoms with Crippen molar-refractivity contribution in [2.45, 2.75) is 11.5 Å². The Labute approximate surface area is 191 Å². The Balaban J connectivity index is 1.42. The van der Waals surface area contributed by atoms with E-state index in [-0.39, 0.29) is 5.78 Å². The minimum Gasteiger partial charge on any atom is -0.497 e. The molecule has 0 atom stereocenters. The van der Waals surface area contributed by atoms with Crippen LogP contribution in [-0.2, 0) is 6.61 Å². The molecule has 0 radical (unpaired) electrons. The van der Waals surface area contributed by atoms with Crippen LogP contribution in [0.15, 0.2) is 83.9 Å². The van der Waals surface area contributed by atoms with E-state index in [0.29, 0.717) is 29.4 Å². The lowest BCUT2D eigenvalue weighted by molar-refractivity contribution is 0.102. The molecule has 4 aromatic rings. The average Bonchev–Trinajstić information content (AvgIpc) is 2.86. The number of rotatable bonds is 9. The predicted octanol–water partition coefficient (Wildman–Crippen LogP) is 5.81. The molecule has 0 bridgehead atoms. The van der Waals surface area contributed by atoms with E-state index in [2.05, 4.69) is 4.98 Å². The van der Waals surface area contributed by atoms with Crippen molar-refractivity contribution in [3.8, 4) is 17.2 Å². The highest BCUT2D eigenvalue weighted by Gasteiger charge is 2.13. The Bertz CT molecular complexity index is 1220. The summed E-state index contributed by atoms with van der Waals surface area (Å²) in [7, 11) is 3.21. The summed E-state index contributed by atoms with van der Waals surface area (Å²) in [6.07, 6.45) is 1.77. The van der Waals surface area contributed by atoms with E-state index in [4.69, 9.17) is 14.2 Å². The van der Waals surface area contributed by atoms with Crippen LogP contribution < -0.4 is 14.2 Å². The minimum atomic E-state index is 0.0240. The number of carbonyl (C=O) groups excluding carboxylic acids is 1. The van der Waals surface area contributed by atoms with Crippen molar-refractivity contribution in [3.63, 3.8) is 0 Å². The number of carbonyl (C=O) groups is 1. The summed E-state index contributed by atoms with van der Waals surface area (Å²) in [6.45, 7) is 0.388. The third-order valence-corrected chi connectivity index (χ3v) is 6.08. The summed E-state index contributed by atoms with van der Waals surface area (Å²) in [4.78, 5) is 18.2. The van der Waals surface area contributed by atoms with Gasteiger partial charge in [-0.2, -0.15) is 0 Å². The molecule has 0 aliphatic carbocycles. The third-order valence-electron chi connectivity index (χ3n) is 5.01. The van der Waals surface area contributed by atoms with Gasteiger partial charge in [-0.15, -0.1) is 11.8 Å². The number of thioether (sulfide) groups is 1. The molecule has 1 aromatic heterocycles. The summed E-state index contributed by atoms with van der Waals surface area (Å²) in [5.41, 5.74) is 2.52. The van der Waals surface area contributed by atoms with Crippen LogP contribution in [0.1, 0.15) is 15.9 Å². The number of hydrogen-bond acceptors (Lipinski definition) is 6. The highest BCUT2D eigenvalue weighted by molar-refractivity contribution is 8.00. The van der Waals surface area contributed by atoms with Gasteiger partial charge in [0.2, 0.25) is 0 Å². The predicted molar refractivity (Wildman–Crippen MR) is 127 cm³/mol. The molecule has 6 heteroatoms. The molecule has 0 saturated heterocycles. The fourth-order valence-corrected chi connectivity index (χ4v) is 4.20. The van der Waals surface area contributed by atoms with Gasteiger partial charge in [0.1, 0.15) is 12.4 Å². The van der Waals surface area contributed by atoms with Crippen LogP contribution in [0.25, 0.3) is 10.9 Å². The second-order valence-electron chi connectivity index (χ2n) is 7.04. The molecule has 0 aliphatic rings. The monoisotopic (exact) mass is 445 g/mol. The van der Waals surface area contributed by atoms with Gasteiger partial charge in [0.05, 0.1) is 25.5 Å². The van der Waals surface area contributed by atoms with E-state index in [9.17, 15) is 4.79 Å². The van der Waals surface area contributed by atoms with E-state index >= 15 is 0 Å². The normalized spacial score (nSPS) is 10.7. The van der Waals surface area contributed by atoms with Crippen molar-refractivity contribution >= 4 is 28.4 Å². The van der Waals surface area contributed by atoms with E-state index in [1.54, 1.807) is 38.6 Å². The highest BCUT2D eigenvalue weighted by Crippen LogP contribution is 2.31. The zero-order valence-corrected chi connectivity index (χ0v) is 18.7. The molecule has 0 unspecified atom stereocenters. The first-order valence-corrected chi connectivity index (χ1v) is 11.1. The molecular formula is C26H23NO4S. The van der Waals surface area contributed by atoms with Crippen LogP contribution in [0.3, 0.4) is 0 Å². The van der Waals surface area contributed by atoms with Gasteiger partial charge in [0.15, 0.2) is 17.3 Å². The average molecular weight is 446 g/mol. The number of pyridine rings is 1. The van der Waals surface area contributed by atoms with Crippen molar-refractivity contribution in [2.75, 3.05) is 20.0 Å². The number of methoxy groups -OCH3 is 2. The lowest BCUT2D eigenvalue weighted by Crippen LogP contribution is -2.04. The first kappa shape index (κ1) is 21.7. The van der Waals surface area contributed by atoms with Crippen molar-refractivity contribution < 1.29 is 19.0 Å². The van der Waals surface area contributed by atoms with Gasteiger partial charge in [-0.1, -0.05) is 30.3 Å². The number of nitrogens with zero attached hydrogens (tertiary/aromatic N) is 1. The van der Waals surface area contributed by atoms with Crippen LogP contribution in [-0.4, -0.2) is 30.7 Å². The van der Waals surface area contributed by atoms with E-state index < -0.39 is 0 Å². The van der Waals surface area contributed by atoms with Gasteiger partial charge in [0, 0.05) is 22.0 Å². The number of fused-ring (bicyclic) bond motifs is 1. The Hall–Kier alpha value is -3.51. The number of hydrogen-bond donors (Lipinski definition) is 0. The second-order valence-corrected chi connectivity index (χ2v) is 8.06. The summed E-state index contributed by atoms with van der Waals surface area (Å²) in [5.74, 6) is 2.27. The number of aromatic nitrogens is 1. The SMILES string of the molecule is COc1ccc(COc2ccc(C(=O)CSc3ccnc4ccccc34)cc2OC)cc1. The number of ether oxygens (including phenoxy) is 3. The largest absolute Gasteiger partial charge is 0.497 e. The number of ketones is 1. The Morgan fingerprint density at radius 3 is 2.50 bits per heavy atom. The Morgan fingerprint density at radius 2 is 1.72 bits per heavy atom. The molecule has 0 amide bonds. The minimum absolute atomic E-state index is 0.0240. The maximum atomic E-state index is 12.8.